The van der Waals surface area contributed by atoms with Crippen molar-refractivity contribution in [2.45, 2.75) is 162 Å². The molecule has 4 aliphatic heterocycles. The summed E-state index contributed by atoms with van der Waals surface area (Å²) in [6, 6.07) is 0.655. The lowest BCUT2D eigenvalue weighted by Crippen LogP contribution is -2.60. The Bertz CT molecular complexity index is 1400. The van der Waals surface area contributed by atoms with Crippen molar-refractivity contribution in [1.29, 1.82) is 0 Å². The molecule has 0 aromatic rings. The van der Waals surface area contributed by atoms with E-state index in [2.05, 4.69) is 65.3 Å². The van der Waals surface area contributed by atoms with Crippen LogP contribution in [0.2, 0.25) is 0 Å². The number of carbonyl (C=O) groups is 1. The van der Waals surface area contributed by atoms with Crippen LogP contribution < -0.4 is 0 Å². The van der Waals surface area contributed by atoms with Crippen LogP contribution in [-0.2, 0) is 18.9 Å². The second-order valence-corrected chi connectivity index (χ2v) is 21.4. The van der Waals surface area contributed by atoms with Crippen molar-refractivity contribution in [3.8, 4) is 0 Å². The zero-order valence-corrected chi connectivity index (χ0v) is 34.5. The summed E-state index contributed by atoms with van der Waals surface area (Å²) in [5.41, 5.74) is 0.560. The second kappa shape index (κ2) is 13.0. The molecule has 5 saturated carbocycles. The largest absolute Gasteiger partial charge is 0.443 e. The van der Waals surface area contributed by atoms with Gasteiger partial charge in [0.1, 0.15) is 6.10 Å². The molecular formula is C44H73N3O6. The molecule has 300 valence electrons. The Kier molecular flexibility index (Phi) is 9.24. The van der Waals surface area contributed by atoms with Crippen molar-refractivity contribution in [1.82, 2.24) is 14.7 Å². The molecule has 0 aromatic carbocycles. The van der Waals surface area contributed by atoms with E-state index in [9.17, 15) is 9.90 Å². The average Bonchev–Trinajstić information content (AvgIpc) is 3.72. The van der Waals surface area contributed by atoms with Gasteiger partial charge in [-0.2, -0.15) is 0 Å². The van der Waals surface area contributed by atoms with Crippen molar-refractivity contribution in [3.05, 3.63) is 0 Å². The number of likely N-dealkylation sites (tertiary alicyclic amines) is 2. The Morgan fingerprint density at radius 3 is 2.32 bits per heavy atom. The maximum absolute atomic E-state index is 13.0. The summed E-state index contributed by atoms with van der Waals surface area (Å²) in [6.45, 7) is 23.4. The zero-order chi connectivity index (χ0) is 37.3. The third-order valence-electron chi connectivity index (χ3n) is 18.7. The quantitative estimate of drug-likeness (QED) is 0.319. The SMILES string of the molecule is CC(C)[C@@H](OC(=O)N1CCC1)[C@H]1C[C@@H](C)[C@H]2[C@H](O1)[C@H](O)[C@@]1(C)[C@@H]3CC[C@H]4C(C)(C)[C@@H](O[C@H]5CN(C6CCN(C)CC6)CCO5)CC[C@@]45C[C@@]35CC[C@]21C. The van der Waals surface area contributed by atoms with E-state index in [0.717, 1.165) is 52.0 Å². The lowest BCUT2D eigenvalue weighted by Gasteiger charge is -2.64. The molecule has 53 heavy (non-hydrogen) atoms. The van der Waals surface area contributed by atoms with Gasteiger partial charge in [0.25, 0.3) is 0 Å². The van der Waals surface area contributed by atoms with Crippen LogP contribution in [0.25, 0.3) is 0 Å². The van der Waals surface area contributed by atoms with Crippen molar-refractivity contribution in [3.63, 3.8) is 0 Å². The number of carbonyl (C=O) groups excluding carboxylic acids is 1. The van der Waals surface area contributed by atoms with Gasteiger partial charge in [0.05, 0.1) is 31.0 Å². The van der Waals surface area contributed by atoms with Crippen molar-refractivity contribution in [2.24, 2.45) is 56.7 Å². The predicted molar refractivity (Wildman–Crippen MR) is 204 cm³/mol. The molecule has 2 spiro atoms. The molecule has 9 fully saturated rings. The Balaban J connectivity index is 0.912. The fourth-order valence-corrected chi connectivity index (χ4v) is 15.7. The normalized spacial score (nSPS) is 50.2. The molecule has 9 heteroatoms. The first kappa shape index (κ1) is 37.6. The predicted octanol–water partition coefficient (Wildman–Crippen LogP) is 6.80. The fourth-order valence-electron chi connectivity index (χ4n) is 15.7. The van der Waals surface area contributed by atoms with Crippen LogP contribution in [-0.4, -0.2) is 122 Å². The van der Waals surface area contributed by atoms with Gasteiger partial charge in [-0.1, -0.05) is 48.5 Å². The Labute approximate surface area is 320 Å². The average molecular weight is 740 g/mol. The van der Waals surface area contributed by atoms with Gasteiger partial charge in [-0.3, -0.25) is 4.90 Å². The van der Waals surface area contributed by atoms with Crippen LogP contribution in [0.5, 0.6) is 0 Å². The first-order chi connectivity index (χ1) is 25.2. The van der Waals surface area contributed by atoms with E-state index in [-0.39, 0.29) is 59.0 Å². The minimum Gasteiger partial charge on any atom is -0.443 e. The lowest BCUT2D eigenvalue weighted by molar-refractivity contribution is -0.251. The monoisotopic (exact) mass is 740 g/mol. The number of morpholine rings is 1. The molecule has 4 heterocycles. The Morgan fingerprint density at radius 1 is 0.906 bits per heavy atom. The summed E-state index contributed by atoms with van der Waals surface area (Å²) in [5.74, 6) is 2.00. The van der Waals surface area contributed by atoms with Crippen LogP contribution in [0, 0.1) is 56.7 Å². The molecule has 0 aromatic heterocycles. The summed E-state index contributed by atoms with van der Waals surface area (Å²) in [7, 11) is 2.24. The molecule has 1 amide bonds. The van der Waals surface area contributed by atoms with E-state index in [1.165, 1.54) is 64.5 Å². The lowest BCUT2D eigenvalue weighted by atomic mass is 9.41. The minimum atomic E-state index is -0.512. The minimum absolute atomic E-state index is 0.0173. The van der Waals surface area contributed by atoms with E-state index < -0.39 is 6.10 Å². The van der Waals surface area contributed by atoms with Gasteiger partial charge in [-0.25, -0.2) is 4.79 Å². The highest BCUT2D eigenvalue weighted by atomic mass is 16.7. The first-order valence-electron chi connectivity index (χ1n) is 22.1. The van der Waals surface area contributed by atoms with Gasteiger partial charge < -0.3 is 33.9 Å². The number of rotatable bonds is 6. The Hall–Kier alpha value is -0.970. The third kappa shape index (κ3) is 5.38. The van der Waals surface area contributed by atoms with Gasteiger partial charge in [-0.15, -0.1) is 0 Å². The van der Waals surface area contributed by atoms with Gasteiger partial charge in [0.2, 0.25) is 0 Å². The number of hydrogen-bond acceptors (Lipinski definition) is 8. The second-order valence-electron chi connectivity index (χ2n) is 21.4. The van der Waals surface area contributed by atoms with Gasteiger partial charge in [-0.05, 0) is 142 Å². The van der Waals surface area contributed by atoms with E-state index in [4.69, 9.17) is 18.9 Å². The first-order valence-corrected chi connectivity index (χ1v) is 22.1. The summed E-state index contributed by atoms with van der Waals surface area (Å²) in [4.78, 5) is 19.9. The van der Waals surface area contributed by atoms with Gasteiger partial charge in [0.15, 0.2) is 6.29 Å². The molecule has 0 unspecified atom stereocenters. The van der Waals surface area contributed by atoms with Gasteiger partial charge in [0, 0.05) is 37.6 Å². The topological polar surface area (TPSA) is 83.9 Å². The fraction of sp³-hybridized carbons (Fsp3) is 0.977. The maximum Gasteiger partial charge on any atom is 0.410 e. The highest BCUT2D eigenvalue weighted by Gasteiger charge is 2.84. The molecular weight excluding hydrogens is 666 g/mol. The van der Waals surface area contributed by atoms with Crippen LogP contribution in [0.1, 0.15) is 119 Å². The molecule has 1 N–H and O–H groups in total. The number of ether oxygens (including phenoxy) is 4. The van der Waals surface area contributed by atoms with E-state index in [0.29, 0.717) is 40.5 Å². The zero-order valence-electron chi connectivity index (χ0n) is 34.5. The van der Waals surface area contributed by atoms with Crippen molar-refractivity contribution >= 4 is 6.09 Å². The molecule has 9 nitrogen and oxygen atoms in total. The number of nitrogens with zero attached hydrogens (tertiary/aromatic N) is 3. The van der Waals surface area contributed by atoms with Gasteiger partial charge >= 0.3 is 6.09 Å². The number of amides is 1. The van der Waals surface area contributed by atoms with Crippen LogP contribution in [0.4, 0.5) is 4.79 Å². The Morgan fingerprint density at radius 2 is 1.62 bits per heavy atom. The summed E-state index contributed by atoms with van der Waals surface area (Å²) in [6.07, 6.45) is 11.7. The number of aliphatic hydroxyl groups excluding tert-OH is 1. The van der Waals surface area contributed by atoms with E-state index in [1.807, 2.05) is 4.90 Å². The highest BCUT2D eigenvalue weighted by Crippen LogP contribution is 2.89. The number of hydrogen-bond donors (Lipinski definition) is 1. The van der Waals surface area contributed by atoms with Crippen LogP contribution in [0.15, 0.2) is 0 Å². The molecule has 9 rings (SSSR count). The maximum atomic E-state index is 13.0. The van der Waals surface area contributed by atoms with Crippen molar-refractivity contribution < 1.29 is 28.8 Å². The summed E-state index contributed by atoms with van der Waals surface area (Å²) < 4.78 is 26.7. The van der Waals surface area contributed by atoms with E-state index >= 15 is 0 Å². The molecule has 14 atom stereocenters. The molecule has 0 bridgehead atoms. The summed E-state index contributed by atoms with van der Waals surface area (Å²) >= 11 is 0. The molecule has 5 aliphatic carbocycles. The standard InChI is InChI=1S/C44H73N3O6/c1-27(2)36(53-39(49)46-18-9-19-46)30-24-28(3)35-37(51-30)38(48)42(7)32-11-10-31-40(4,5)33(12-15-43(31)26-44(32,43)17-16-41(35,42)6)52-34-25-47(22-23-50-34)29-13-20-45(8)21-14-29/h27-38,48H,9-26H2,1-8H3/t28-,30-,31+,32+,33+,34+,35+,36-,37+,38+,41-,42-,43-,44+/m1/s1. The summed E-state index contributed by atoms with van der Waals surface area (Å²) in [5, 5.41) is 12.8. The van der Waals surface area contributed by atoms with Crippen molar-refractivity contribution in [2.75, 3.05) is 52.9 Å². The molecule has 9 aliphatic rings. The van der Waals surface area contributed by atoms with E-state index in [1.54, 1.807) is 0 Å². The third-order valence-corrected chi connectivity index (χ3v) is 18.7. The molecule has 4 saturated heterocycles. The number of piperidine rings is 1. The number of aliphatic hydroxyl groups is 1. The number of fused-ring (bicyclic) bond motifs is 4. The molecule has 0 radical (unpaired) electrons. The van der Waals surface area contributed by atoms with Crippen LogP contribution >= 0.6 is 0 Å². The smallest absolute Gasteiger partial charge is 0.410 e. The van der Waals surface area contributed by atoms with Crippen LogP contribution in [0.3, 0.4) is 0 Å². The highest BCUT2D eigenvalue weighted by molar-refractivity contribution is 5.68.